The molecule has 0 fully saturated rings. The molecule has 2 aromatic carbocycles. The van der Waals surface area contributed by atoms with Crippen molar-refractivity contribution >= 4 is 0 Å². The normalized spacial score (nSPS) is 14.0. The Morgan fingerprint density at radius 2 is 1.31 bits per heavy atom. The molecule has 16 heavy (non-hydrogen) atoms. The minimum atomic E-state index is 0.688. The maximum Gasteiger partial charge on any atom is 0.123 e. The van der Waals surface area contributed by atoms with Gasteiger partial charge in [-0.05, 0) is 35.6 Å². The average Bonchev–Trinajstić information content (AvgIpc) is 2.32. The van der Waals surface area contributed by atoms with Gasteiger partial charge in [0.2, 0.25) is 0 Å². The van der Waals surface area contributed by atoms with Crippen LogP contribution in [-0.2, 0) is 19.4 Å². The Bertz CT molecular complexity index is 409. The second-order valence-electron chi connectivity index (χ2n) is 4.17. The van der Waals surface area contributed by atoms with Crippen LogP contribution in [0.4, 0.5) is 0 Å². The van der Waals surface area contributed by atoms with E-state index in [9.17, 15) is 0 Å². The number of hydrogen-bond donors (Lipinski definition) is 0. The van der Waals surface area contributed by atoms with Gasteiger partial charge in [0.1, 0.15) is 12.4 Å². The number of fused-ring (bicyclic) bond motifs is 2. The minimum Gasteiger partial charge on any atom is -0.489 e. The van der Waals surface area contributed by atoms with Crippen LogP contribution in [0.25, 0.3) is 0 Å². The van der Waals surface area contributed by atoms with E-state index in [2.05, 4.69) is 42.5 Å². The lowest BCUT2D eigenvalue weighted by atomic mass is 9.98. The monoisotopic (exact) mass is 210 g/mol. The van der Waals surface area contributed by atoms with E-state index in [-0.39, 0.29) is 0 Å². The molecule has 1 heterocycles. The molecule has 3 rings (SSSR count). The summed E-state index contributed by atoms with van der Waals surface area (Å²) < 4.78 is 5.85. The van der Waals surface area contributed by atoms with Crippen molar-refractivity contribution in [3.8, 4) is 5.75 Å². The van der Waals surface area contributed by atoms with Crippen LogP contribution in [0.3, 0.4) is 0 Å². The van der Waals surface area contributed by atoms with E-state index in [0.29, 0.717) is 6.61 Å². The van der Waals surface area contributed by atoms with Gasteiger partial charge in [-0.25, -0.2) is 0 Å². The first-order valence-electron chi connectivity index (χ1n) is 5.71. The summed E-state index contributed by atoms with van der Waals surface area (Å²) in [6, 6.07) is 16.9. The highest BCUT2D eigenvalue weighted by molar-refractivity contribution is 5.37. The third-order valence-corrected chi connectivity index (χ3v) is 3.14. The summed E-state index contributed by atoms with van der Waals surface area (Å²) in [4.78, 5) is 0. The molecule has 0 aromatic heterocycles. The molecule has 0 aliphatic carbocycles. The summed E-state index contributed by atoms with van der Waals surface area (Å²) in [6.07, 6.45) is 2.17. The van der Waals surface area contributed by atoms with Crippen LogP contribution >= 0.6 is 0 Å². The van der Waals surface area contributed by atoms with Crippen LogP contribution in [0.15, 0.2) is 48.5 Å². The van der Waals surface area contributed by atoms with Gasteiger partial charge in [0, 0.05) is 0 Å². The second-order valence-corrected chi connectivity index (χ2v) is 4.17. The summed E-state index contributed by atoms with van der Waals surface area (Å²) in [5.74, 6) is 1.04. The first-order valence-corrected chi connectivity index (χ1v) is 5.71. The fourth-order valence-corrected chi connectivity index (χ4v) is 2.22. The maximum absolute atomic E-state index is 5.85. The highest BCUT2D eigenvalue weighted by Gasteiger charge is 2.10. The van der Waals surface area contributed by atoms with E-state index < -0.39 is 0 Å². The lowest BCUT2D eigenvalue weighted by Gasteiger charge is -2.17. The molecule has 1 aliphatic heterocycles. The van der Waals surface area contributed by atoms with Crippen molar-refractivity contribution < 1.29 is 4.74 Å². The topological polar surface area (TPSA) is 9.23 Å². The molecule has 0 bridgehead atoms. The number of rotatable bonds is 0. The number of aryl methyl sites for hydroxylation is 2. The number of para-hydroxylation sites is 1. The molecule has 0 radical (unpaired) electrons. The van der Waals surface area contributed by atoms with Crippen molar-refractivity contribution in [2.45, 2.75) is 19.4 Å². The van der Waals surface area contributed by atoms with Crippen molar-refractivity contribution in [1.29, 1.82) is 0 Å². The van der Waals surface area contributed by atoms with Gasteiger partial charge in [0.25, 0.3) is 0 Å². The van der Waals surface area contributed by atoms with Gasteiger partial charge in [-0.3, -0.25) is 0 Å². The predicted molar refractivity (Wildman–Crippen MR) is 64.6 cm³/mol. The molecule has 0 saturated carbocycles. The summed E-state index contributed by atoms with van der Waals surface area (Å²) in [7, 11) is 0. The zero-order valence-corrected chi connectivity index (χ0v) is 9.15. The number of hydrogen-bond acceptors (Lipinski definition) is 1. The Labute approximate surface area is 95.7 Å². The summed E-state index contributed by atoms with van der Waals surface area (Å²) in [6.45, 7) is 0.688. The SMILES string of the molecule is c1ccc2c(c1)CCc1ccccc1OC2. The molecule has 0 saturated heterocycles. The molecule has 0 spiro atoms. The lowest BCUT2D eigenvalue weighted by Crippen LogP contribution is -2.07. The summed E-state index contributed by atoms with van der Waals surface area (Å²) >= 11 is 0. The van der Waals surface area contributed by atoms with Crippen molar-refractivity contribution in [3.05, 3.63) is 65.2 Å². The Hall–Kier alpha value is -1.76. The van der Waals surface area contributed by atoms with Crippen LogP contribution < -0.4 is 4.74 Å². The molecule has 1 heteroatoms. The van der Waals surface area contributed by atoms with Crippen LogP contribution in [0.2, 0.25) is 0 Å². The third-order valence-electron chi connectivity index (χ3n) is 3.14. The second kappa shape index (κ2) is 4.01. The molecule has 0 N–H and O–H groups in total. The van der Waals surface area contributed by atoms with Gasteiger partial charge < -0.3 is 4.74 Å². The van der Waals surface area contributed by atoms with E-state index in [1.54, 1.807) is 0 Å². The molecule has 0 atom stereocenters. The van der Waals surface area contributed by atoms with Crippen molar-refractivity contribution in [3.63, 3.8) is 0 Å². The van der Waals surface area contributed by atoms with Crippen LogP contribution in [0, 0.1) is 0 Å². The van der Waals surface area contributed by atoms with E-state index >= 15 is 0 Å². The Morgan fingerprint density at radius 1 is 0.688 bits per heavy atom. The predicted octanol–water partition coefficient (Wildman–Crippen LogP) is 3.36. The van der Waals surface area contributed by atoms with Gasteiger partial charge in [0.15, 0.2) is 0 Å². The van der Waals surface area contributed by atoms with Crippen molar-refractivity contribution in [2.75, 3.05) is 0 Å². The highest BCUT2D eigenvalue weighted by Crippen LogP contribution is 2.25. The van der Waals surface area contributed by atoms with Crippen LogP contribution in [0.1, 0.15) is 16.7 Å². The number of benzene rings is 2. The van der Waals surface area contributed by atoms with Gasteiger partial charge in [-0.1, -0.05) is 42.5 Å². The van der Waals surface area contributed by atoms with Gasteiger partial charge >= 0.3 is 0 Å². The molecule has 0 amide bonds. The van der Waals surface area contributed by atoms with E-state index in [0.717, 1.165) is 18.6 Å². The average molecular weight is 210 g/mol. The third kappa shape index (κ3) is 1.69. The molecule has 1 aliphatic rings. The largest absolute Gasteiger partial charge is 0.489 e. The number of ether oxygens (including phenoxy) is 1. The highest BCUT2D eigenvalue weighted by atomic mass is 16.5. The first-order chi connectivity index (χ1) is 7.93. The van der Waals surface area contributed by atoms with Gasteiger partial charge in [-0.15, -0.1) is 0 Å². The van der Waals surface area contributed by atoms with Gasteiger partial charge in [0.05, 0.1) is 0 Å². The molecule has 80 valence electrons. The zero-order valence-electron chi connectivity index (χ0n) is 9.15. The van der Waals surface area contributed by atoms with E-state index in [1.807, 2.05) is 6.07 Å². The Morgan fingerprint density at radius 3 is 2.19 bits per heavy atom. The van der Waals surface area contributed by atoms with Crippen LogP contribution in [0.5, 0.6) is 5.75 Å². The minimum absolute atomic E-state index is 0.688. The fourth-order valence-electron chi connectivity index (χ4n) is 2.22. The quantitative estimate of drug-likeness (QED) is 0.647. The zero-order chi connectivity index (χ0) is 10.8. The molecular weight excluding hydrogens is 196 g/mol. The van der Waals surface area contributed by atoms with Crippen LogP contribution in [-0.4, -0.2) is 0 Å². The molecular formula is C15H14O. The smallest absolute Gasteiger partial charge is 0.123 e. The Kier molecular flexibility index (Phi) is 2.37. The summed E-state index contributed by atoms with van der Waals surface area (Å²) in [5, 5.41) is 0. The first kappa shape index (κ1) is 9.46. The lowest BCUT2D eigenvalue weighted by molar-refractivity contribution is 0.299. The maximum atomic E-state index is 5.85. The van der Waals surface area contributed by atoms with Crippen molar-refractivity contribution in [1.82, 2.24) is 0 Å². The van der Waals surface area contributed by atoms with E-state index in [4.69, 9.17) is 4.74 Å². The molecule has 2 aromatic rings. The fraction of sp³-hybridized carbons (Fsp3) is 0.200. The van der Waals surface area contributed by atoms with Crippen molar-refractivity contribution in [2.24, 2.45) is 0 Å². The Balaban J connectivity index is 1.97. The summed E-state index contributed by atoms with van der Waals surface area (Å²) in [5.41, 5.74) is 4.05. The molecule has 1 nitrogen and oxygen atoms in total. The standard InChI is InChI=1S/C15H14O/c1-2-7-14-11-16-15-8-4-3-6-13(15)10-9-12(14)5-1/h1-8H,9-11H2. The molecule has 0 unspecified atom stereocenters. The van der Waals surface area contributed by atoms with E-state index in [1.165, 1.54) is 16.7 Å². The van der Waals surface area contributed by atoms with Gasteiger partial charge in [-0.2, -0.15) is 0 Å².